The predicted octanol–water partition coefficient (Wildman–Crippen LogP) is 1.89. The Kier molecular flexibility index (Phi) is 7.38. The minimum Gasteiger partial charge on any atom is -0.343 e. The Morgan fingerprint density at radius 2 is 1.89 bits per heavy atom. The maximum absolute atomic E-state index is 11.7. The number of carbonyl (C=O) groups excluding carboxylic acids is 1. The average molecular weight is 258 g/mol. The molecule has 0 aliphatic heterocycles. The van der Waals surface area contributed by atoms with Gasteiger partial charge in [-0.3, -0.25) is 4.79 Å². The van der Waals surface area contributed by atoms with Crippen molar-refractivity contribution < 1.29 is 4.79 Å². The molecule has 0 saturated carbocycles. The fraction of sp³-hybridized carbons (Fsp3) is 0.438. The van der Waals surface area contributed by atoms with Gasteiger partial charge in [-0.2, -0.15) is 0 Å². The van der Waals surface area contributed by atoms with Gasteiger partial charge >= 0.3 is 0 Å². The van der Waals surface area contributed by atoms with Crippen LogP contribution in [0.2, 0.25) is 0 Å². The van der Waals surface area contributed by atoms with Crippen molar-refractivity contribution in [1.82, 2.24) is 10.2 Å². The number of nitrogens with one attached hydrogen (secondary N) is 1. The van der Waals surface area contributed by atoms with E-state index in [2.05, 4.69) is 17.2 Å². The number of amides is 1. The fourth-order valence-electron chi connectivity index (χ4n) is 1.75. The van der Waals surface area contributed by atoms with Gasteiger partial charge in [0.15, 0.2) is 0 Å². The molecular formula is C16H22N2O. The molecule has 0 aromatic heterocycles. The van der Waals surface area contributed by atoms with Crippen molar-refractivity contribution >= 4 is 5.91 Å². The van der Waals surface area contributed by atoms with E-state index in [1.54, 1.807) is 0 Å². The second kappa shape index (κ2) is 9.18. The van der Waals surface area contributed by atoms with Gasteiger partial charge in [0.1, 0.15) is 0 Å². The first-order valence-corrected chi connectivity index (χ1v) is 6.80. The van der Waals surface area contributed by atoms with E-state index < -0.39 is 0 Å². The summed E-state index contributed by atoms with van der Waals surface area (Å²) in [6.45, 7) is 6.85. The summed E-state index contributed by atoms with van der Waals surface area (Å²) in [6.07, 6.45) is 0.536. The Labute approximate surface area is 116 Å². The lowest BCUT2D eigenvalue weighted by Gasteiger charge is -2.18. The maximum atomic E-state index is 11.7. The quantitative estimate of drug-likeness (QED) is 0.624. The normalized spacial score (nSPS) is 9.58. The molecular weight excluding hydrogens is 236 g/mol. The number of rotatable bonds is 6. The fourth-order valence-corrected chi connectivity index (χ4v) is 1.75. The number of hydrogen-bond donors (Lipinski definition) is 1. The van der Waals surface area contributed by atoms with Gasteiger partial charge < -0.3 is 10.2 Å². The largest absolute Gasteiger partial charge is 0.343 e. The van der Waals surface area contributed by atoms with Gasteiger partial charge in [-0.15, -0.1) is 0 Å². The molecule has 0 atom stereocenters. The van der Waals surface area contributed by atoms with E-state index in [0.717, 1.165) is 18.7 Å². The van der Waals surface area contributed by atoms with E-state index in [1.807, 2.05) is 49.1 Å². The van der Waals surface area contributed by atoms with Crippen molar-refractivity contribution in [1.29, 1.82) is 0 Å². The standard InChI is InChI=1S/C16H22N2O/c1-3-18(4-2)16(19)12-14-17-13-8-11-15-9-6-5-7-10-15/h5-7,9-10,17H,3-4,12-14H2,1-2H3. The Hall–Kier alpha value is -1.79. The van der Waals surface area contributed by atoms with Crippen LogP contribution in [0, 0.1) is 11.8 Å². The summed E-state index contributed by atoms with van der Waals surface area (Å²) in [5, 5.41) is 3.17. The van der Waals surface area contributed by atoms with Crippen LogP contribution in [-0.4, -0.2) is 37.0 Å². The van der Waals surface area contributed by atoms with Crippen LogP contribution in [0.1, 0.15) is 25.8 Å². The van der Waals surface area contributed by atoms with Gasteiger partial charge in [0.05, 0.1) is 6.54 Å². The van der Waals surface area contributed by atoms with Crippen molar-refractivity contribution in [3.05, 3.63) is 35.9 Å². The Morgan fingerprint density at radius 1 is 1.21 bits per heavy atom. The van der Waals surface area contributed by atoms with E-state index in [4.69, 9.17) is 0 Å². The molecule has 1 rings (SSSR count). The third-order valence-corrected chi connectivity index (χ3v) is 2.85. The molecule has 102 valence electrons. The van der Waals surface area contributed by atoms with Gasteiger partial charge in [-0.1, -0.05) is 30.0 Å². The molecule has 3 nitrogen and oxygen atoms in total. The Bertz CT molecular complexity index is 427. The molecule has 1 aromatic carbocycles. The van der Waals surface area contributed by atoms with Crippen molar-refractivity contribution in [2.24, 2.45) is 0 Å². The number of benzene rings is 1. The highest BCUT2D eigenvalue weighted by molar-refractivity contribution is 5.76. The molecule has 0 heterocycles. The molecule has 0 saturated heterocycles. The Morgan fingerprint density at radius 3 is 2.53 bits per heavy atom. The lowest BCUT2D eigenvalue weighted by atomic mass is 10.2. The van der Waals surface area contributed by atoms with Crippen LogP contribution < -0.4 is 5.32 Å². The van der Waals surface area contributed by atoms with Crippen molar-refractivity contribution in [3.8, 4) is 11.8 Å². The summed E-state index contributed by atoms with van der Waals surface area (Å²) in [5.74, 6) is 6.32. The summed E-state index contributed by atoms with van der Waals surface area (Å²) in [4.78, 5) is 13.6. The third kappa shape index (κ3) is 6.08. The minimum atomic E-state index is 0.202. The van der Waals surface area contributed by atoms with Crippen LogP contribution in [0.3, 0.4) is 0 Å². The lowest BCUT2D eigenvalue weighted by Crippen LogP contribution is -2.32. The van der Waals surface area contributed by atoms with Crippen LogP contribution in [-0.2, 0) is 4.79 Å². The van der Waals surface area contributed by atoms with E-state index in [9.17, 15) is 4.79 Å². The van der Waals surface area contributed by atoms with Crippen LogP contribution in [0.5, 0.6) is 0 Å². The van der Waals surface area contributed by atoms with Gasteiger partial charge in [0.25, 0.3) is 0 Å². The first-order chi connectivity index (χ1) is 9.27. The summed E-state index contributed by atoms with van der Waals surface area (Å²) < 4.78 is 0. The maximum Gasteiger partial charge on any atom is 0.223 e. The lowest BCUT2D eigenvalue weighted by molar-refractivity contribution is -0.130. The highest BCUT2D eigenvalue weighted by Crippen LogP contribution is 1.94. The molecule has 0 radical (unpaired) electrons. The molecule has 0 spiro atoms. The average Bonchev–Trinajstić information content (AvgIpc) is 2.45. The number of nitrogens with zero attached hydrogens (tertiary/aromatic N) is 1. The first-order valence-electron chi connectivity index (χ1n) is 6.80. The second-order valence-corrected chi connectivity index (χ2v) is 4.16. The molecule has 1 aromatic rings. The molecule has 0 fully saturated rings. The summed E-state index contributed by atoms with van der Waals surface area (Å²) >= 11 is 0. The zero-order valence-corrected chi connectivity index (χ0v) is 11.8. The van der Waals surface area contributed by atoms with E-state index >= 15 is 0 Å². The Balaban J connectivity index is 2.18. The van der Waals surface area contributed by atoms with Crippen molar-refractivity contribution in [2.45, 2.75) is 20.3 Å². The summed E-state index contributed by atoms with van der Waals surface area (Å²) in [5.41, 5.74) is 1.02. The molecule has 19 heavy (non-hydrogen) atoms. The number of hydrogen-bond acceptors (Lipinski definition) is 2. The minimum absolute atomic E-state index is 0.202. The van der Waals surface area contributed by atoms with Crippen LogP contribution in [0.25, 0.3) is 0 Å². The van der Waals surface area contributed by atoms with Crippen LogP contribution in [0.4, 0.5) is 0 Å². The molecule has 0 unspecified atom stereocenters. The van der Waals surface area contributed by atoms with Crippen molar-refractivity contribution in [3.63, 3.8) is 0 Å². The zero-order chi connectivity index (χ0) is 13.9. The van der Waals surface area contributed by atoms with Crippen LogP contribution in [0.15, 0.2) is 30.3 Å². The molecule has 0 bridgehead atoms. The molecule has 0 aliphatic rings. The second-order valence-electron chi connectivity index (χ2n) is 4.16. The number of carbonyl (C=O) groups is 1. The van der Waals surface area contributed by atoms with Gasteiger partial charge in [0, 0.05) is 31.6 Å². The molecule has 1 N–H and O–H groups in total. The van der Waals surface area contributed by atoms with Gasteiger partial charge in [-0.05, 0) is 26.0 Å². The smallest absolute Gasteiger partial charge is 0.223 e. The van der Waals surface area contributed by atoms with E-state index in [1.165, 1.54) is 0 Å². The molecule has 0 aliphatic carbocycles. The van der Waals surface area contributed by atoms with E-state index in [0.29, 0.717) is 19.5 Å². The highest BCUT2D eigenvalue weighted by Gasteiger charge is 2.07. The predicted molar refractivity (Wildman–Crippen MR) is 78.7 cm³/mol. The monoisotopic (exact) mass is 258 g/mol. The van der Waals surface area contributed by atoms with Crippen LogP contribution >= 0.6 is 0 Å². The molecule has 1 amide bonds. The zero-order valence-electron chi connectivity index (χ0n) is 11.8. The van der Waals surface area contributed by atoms with Gasteiger partial charge in [-0.25, -0.2) is 0 Å². The van der Waals surface area contributed by atoms with Gasteiger partial charge in [0.2, 0.25) is 5.91 Å². The highest BCUT2D eigenvalue weighted by atomic mass is 16.2. The third-order valence-electron chi connectivity index (χ3n) is 2.85. The SMILES string of the molecule is CCN(CC)C(=O)CCNCC#Cc1ccccc1. The molecule has 3 heteroatoms. The summed E-state index contributed by atoms with van der Waals surface area (Å²) in [7, 11) is 0. The topological polar surface area (TPSA) is 32.3 Å². The summed E-state index contributed by atoms with van der Waals surface area (Å²) in [6, 6.07) is 9.89. The van der Waals surface area contributed by atoms with E-state index in [-0.39, 0.29) is 5.91 Å². The first kappa shape index (κ1) is 15.3. The van der Waals surface area contributed by atoms with Crippen molar-refractivity contribution in [2.75, 3.05) is 26.2 Å².